The van der Waals surface area contributed by atoms with E-state index in [0.717, 1.165) is 0 Å². The number of pyridine rings is 1. The molecule has 0 saturated carbocycles. The molecule has 0 bridgehead atoms. The molecule has 0 amide bonds. The van der Waals surface area contributed by atoms with Crippen molar-refractivity contribution in [3.8, 4) is 0 Å². The minimum atomic E-state index is -0.501. The maximum absolute atomic E-state index is 10.4. The van der Waals surface area contributed by atoms with Crippen LogP contribution in [0.5, 0.6) is 0 Å². The second-order valence-electron chi connectivity index (χ2n) is 1.96. The van der Waals surface area contributed by atoms with Crippen molar-refractivity contribution in [2.24, 2.45) is 0 Å². The van der Waals surface area contributed by atoms with Crippen molar-refractivity contribution in [1.29, 1.82) is 0 Å². The molecule has 62 valence electrons. The van der Waals surface area contributed by atoms with Gasteiger partial charge in [0.05, 0.1) is 4.92 Å². The lowest BCUT2D eigenvalue weighted by Gasteiger charge is -1.93. The highest BCUT2D eigenvalue weighted by molar-refractivity contribution is 6.27. The molecule has 1 rings (SSSR count). The molecular weight excluding hydrogens is 180 g/mol. The van der Waals surface area contributed by atoms with Crippen molar-refractivity contribution < 1.29 is 4.92 Å². The first-order valence-corrected chi connectivity index (χ1v) is 3.55. The van der Waals surface area contributed by atoms with Gasteiger partial charge in [0, 0.05) is 17.8 Å². The van der Waals surface area contributed by atoms with E-state index in [-0.39, 0.29) is 11.4 Å². The van der Waals surface area contributed by atoms with Crippen LogP contribution in [0.4, 0.5) is 5.69 Å². The molecule has 12 heavy (non-hydrogen) atoms. The normalized spacial score (nSPS) is 10.4. The van der Waals surface area contributed by atoms with Crippen LogP contribution in [0.1, 0.15) is 5.69 Å². The highest BCUT2D eigenvalue weighted by atomic mass is 35.5. The summed E-state index contributed by atoms with van der Waals surface area (Å²) < 4.78 is 0. The lowest BCUT2D eigenvalue weighted by Crippen LogP contribution is -1.92. The van der Waals surface area contributed by atoms with Crippen molar-refractivity contribution in [2.45, 2.75) is 0 Å². The summed E-state index contributed by atoms with van der Waals surface area (Å²) in [4.78, 5) is 13.7. The van der Waals surface area contributed by atoms with Gasteiger partial charge in [-0.25, -0.2) is 4.98 Å². The number of hydrogen-bond donors (Lipinski definition) is 0. The van der Waals surface area contributed by atoms with E-state index in [1.807, 2.05) is 0 Å². The molecule has 0 unspecified atom stereocenters. The molecule has 1 heterocycles. The average Bonchev–Trinajstić information content (AvgIpc) is 2.05. The quantitative estimate of drug-likeness (QED) is 0.523. The highest BCUT2D eigenvalue weighted by Crippen LogP contribution is 2.16. The molecule has 1 aromatic heterocycles. The Morgan fingerprint density at radius 1 is 1.67 bits per heavy atom. The van der Waals surface area contributed by atoms with E-state index in [0.29, 0.717) is 0 Å². The molecule has 0 N–H and O–H groups in total. The zero-order valence-corrected chi connectivity index (χ0v) is 6.73. The van der Waals surface area contributed by atoms with Gasteiger partial charge < -0.3 is 0 Å². The van der Waals surface area contributed by atoms with Crippen LogP contribution in [-0.2, 0) is 0 Å². The fraction of sp³-hybridized carbons (Fsp3) is 0. The summed E-state index contributed by atoms with van der Waals surface area (Å²) >= 11 is 5.27. The van der Waals surface area contributed by atoms with Gasteiger partial charge in [0.2, 0.25) is 0 Å². The first-order chi connectivity index (χ1) is 5.75. The van der Waals surface area contributed by atoms with Gasteiger partial charge >= 0.3 is 0 Å². The van der Waals surface area contributed by atoms with Crippen molar-refractivity contribution in [1.82, 2.24) is 4.98 Å². The topological polar surface area (TPSA) is 56.0 Å². The lowest BCUT2D eigenvalue weighted by atomic mass is 10.3. The maximum Gasteiger partial charge on any atom is 0.294 e. The van der Waals surface area contributed by atoms with Gasteiger partial charge in [0.1, 0.15) is 5.69 Å². The maximum atomic E-state index is 10.4. The molecule has 0 aromatic carbocycles. The summed E-state index contributed by atoms with van der Waals surface area (Å²) in [6.07, 6.45) is 2.85. The van der Waals surface area contributed by atoms with Gasteiger partial charge in [-0.2, -0.15) is 0 Å². The molecule has 0 aliphatic heterocycles. The van der Waals surface area contributed by atoms with Crippen molar-refractivity contribution in [3.05, 3.63) is 39.7 Å². The number of nitro groups is 1. The molecule has 0 aliphatic carbocycles. The molecule has 4 nitrogen and oxygen atoms in total. The minimum Gasteiger partial charge on any atom is -0.258 e. The molecule has 0 atom stereocenters. The Labute approximate surface area is 73.6 Å². The van der Waals surface area contributed by atoms with E-state index in [1.54, 1.807) is 0 Å². The van der Waals surface area contributed by atoms with Crippen LogP contribution in [0.2, 0.25) is 0 Å². The van der Waals surface area contributed by atoms with E-state index in [9.17, 15) is 10.1 Å². The van der Waals surface area contributed by atoms with Crippen LogP contribution < -0.4 is 0 Å². The third kappa shape index (κ3) is 1.79. The molecule has 0 radical (unpaired) electrons. The Morgan fingerprint density at radius 3 is 3.00 bits per heavy atom. The first kappa shape index (κ1) is 8.67. The molecule has 1 aromatic rings. The summed E-state index contributed by atoms with van der Waals surface area (Å²) in [7, 11) is 0. The first-order valence-electron chi connectivity index (χ1n) is 3.12. The third-order valence-corrected chi connectivity index (χ3v) is 1.36. The zero-order chi connectivity index (χ0) is 8.97. The van der Waals surface area contributed by atoms with Gasteiger partial charge in [-0.3, -0.25) is 10.1 Å². The Kier molecular flexibility index (Phi) is 2.76. The van der Waals surface area contributed by atoms with E-state index >= 15 is 0 Å². The van der Waals surface area contributed by atoms with Crippen LogP contribution in [0.3, 0.4) is 0 Å². The van der Waals surface area contributed by atoms with Gasteiger partial charge in [0.25, 0.3) is 5.69 Å². The van der Waals surface area contributed by atoms with Crippen molar-refractivity contribution in [2.75, 3.05) is 0 Å². The number of halogens is 1. The predicted molar refractivity (Wildman–Crippen MR) is 45.8 cm³/mol. The number of rotatable bonds is 2. The molecule has 0 saturated heterocycles. The summed E-state index contributed by atoms with van der Waals surface area (Å²) in [6.45, 7) is 0. The smallest absolute Gasteiger partial charge is 0.258 e. The fourth-order valence-corrected chi connectivity index (χ4v) is 0.871. The minimum absolute atomic E-state index is 0.0469. The van der Waals surface area contributed by atoms with Crippen molar-refractivity contribution in [3.63, 3.8) is 0 Å². The van der Waals surface area contributed by atoms with Crippen molar-refractivity contribution >= 4 is 23.4 Å². The zero-order valence-electron chi connectivity index (χ0n) is 5.98. The monoisotopic (exact) mass is 184 g/mol. The Morgan fingerprint density at radius 2 is 2.42 bits per heavy atom. The Balaban J connectivity index is 3.17. The van der Waals surface area contributed by atoms with Gasteiger partial charge in [-0.05, 0) is 12.1 Å². The number of aromatic nitrogens is 1. The summed E-state index contributed by atoms with van der Waals surface area (Å²) in [5, 5.41) is 10.4. The summed E-state index contributed by atoms with van der Waals surface area (Å²) in [5.41, 5.74) is 1.40. The van der Waals surface area contributed by atoms with Crippen LogP contribution >= 0.6 is 11.6 Å². The van der Waals surface area contributed by atoms with Crippen LogP contribution in [0, 0.1) is 10.1 Å². The Bertz CT molecular complexity index is 325. The number of hydrogen-bond acceptors (Lipinski definition) is 3. The Hall–Kier alpha value is -1.42. The second-order valence-corrected chi connectivity index (χ2v) is 2.21. The lowest BCUT2D eigenvalue weighted by molar-refractivity contribution is -0.385. The van der Waals surface area contributed by atoms with E-state index in [1.165, 1.54) is 29.9 Å². The fourth-order valence-electron chi connectivity index (χ4n) is 0.751. The highest BCUT2D eigenvalue weighted by Gasteiger charge is 2.10. The molecule has 5 heteroatoms. The molecular formula is C7H5ClN2O2. The van der Waals surface area contributed by atoms with Crippen LogP contribution in [-0.4, -0.2) is 9.91 Å². The van der Waals surface area contributed by atoms with Gasteiger partial charge in [-0.15, -0.1) is 0 Å². The van der Waals surface area contributed by atoms with E-state index in [2.05, 4.69) is 4.98 Å². The summed E-state index contributed by atoms with van der Waals surface area (Å²) in [6, 6.07) is 2.88. The number of nitrogens with zero attached hydrogens (tertiary/aromatic N) is 2. The van der Waals surface area contributed by atoms with E-state index < -0.39 is 4.92 Å². The largest absolute Gasteiger partial charge is 0.294 e. The van der Waals surface area contributed by atoms with Crippen LogP contribution in [0.25, 0.3) is 6.08 Å². The third-order valence-electron chi connectivity index (χ3n) is 1.23. The summed E-state index contributed by atoms with van der Waals surface area (Å²) in [5.74, 6) is 0. The predicted octanol–water partition coefficient (Wildman–Crippen LogP) is 2.20. The standard InChI is InChI=1S/C7H5ClN2O2/c8-4-3-6-7(10(11)12)2-1-5-9-6/h1-5H/b4-3+. The van der Waals surface area contributed by atoms with Gasteiger partial charge in [0.15, 0.2) is 0 Å². The molecule has 0 spiro atoms. The second kappa shape index (κ2) is 3.82. The SMILES string of the molecule is O=[N+]([O-])c1cccnc1/C=C/Cl. The molecule has 0 aliphatic rings. The van der Waals surface area contributed by atoms with Gasteiger partial charge in [-0.1, -0.05) is 11.6 Å². The average molecular weight is 185 g/mol. The van der Waals surface area contributed by atoms with Crippen LogP contribution in [0.15, 0.2) is 23.9 Å². The molecule has 0 fully saturated rings. The van der Waals surface area contributed by atoms with E-state index in [4.69, 9.17) is 11.6 Å².